The Morgan fingerprint density at radius 1 is 1.22 bits per heavy atom. The summed E-state index contributed by atoms with van der Waals surface area (Å²) in [6.45, 7) is 0. The average molecular weight is 417 g/mol. The Morgan fingerprint density at radius 3 is 2.67 bits per heavy atom. The highest BCUT2D eigenvalue weighted by Crippen LogP contribution is 2.19. The van der Waals surface area contributed by atoms with Crippen LogP contribution in [0.5, 0.6) is 0 Å². The van der Waals surface area contributed by atoms with Gasteiger partial charge in [-0.1, -0.05) is 22.0 Å². The van der Waals surface area contributed by atoms with Crippen LogP contribution in [-0.4, -0.2) is 5.91 Å². The molecule has 92 valence electrons. The Hall–Kier alpha value is -1.08. The van der Waals surface area contributed by atoms with E-state index in [1.165, 1.54) is 0 Å². The van der Waals surface area contributed by atoms with Crippen LogP contribution >= 0.6 is 38.5 Å². The van der Waals surface area contributed by atoms with Crippen LogP contribution in [0.1, 0.15) is 10.4 Å². The first-order valence-corrected chi connectivity index (χ1v) is 7.05. The molecule has 5 heteroatoms. The van der Waals surface area contributed by atoms with E-state index in [-0.39, 0.29) is 5.91 Å². The molecule has 2 aromatic carbocycles. The van der Waals surface area contributed by atoms with Crippen LogP contribution in [-0.2, 0) is 0 Å². The Kier molecular flexibility index (Phi) is 4.23. The van der Waals surface area contributed by atoms with Gasteiger partial charge in [-0.25, -0.2) is 0 Å². The third kappa shape index (κ3) is 3.46. The molecule has 2 aromatic rings. The SMILES string of the molecule is Nc1cc(Br)cc(C(=O)Nc2cccc(I)c2)c1. The molecular weight excluding hydrogens is 407 g/mol. The second-order valence-corrected chi connectivity index (χ2v) is 5.90. The lowest BCUT2D eigenvalue weighted by Crippen LogP contribution is -2.12. The summed E-state index contributed by atoms with van der Waals surface area (Å²) in [6.07, 6.45) is 0. The van der Waals surface area contributed by atoms with Gasteiger partial charge in [-0.2, -0.15) is 0 Å². The van der Waals surface area contributed by atoms with Crippen molar-refractivity contribution in [2.24, 2.45) is 0 Å². The predicted octanol–water partition coefficient (Wildman–Crippen LogP) is 3.89. The van der Waals surface area contributed by atoms with Crippen molar-refractivity contribution < 1.29 is 4.79 Å². The largest absolute Gasteiger partial charge is 0.399 e. The Morgan fingerprint density at radius 2 is 2.00 bits per heavy atom. The summed E-state index contributed by atoms with van der Waals surface area (Å²) in [7, 11) is 0. The number of benzene rings is 2. The summed E-state index contributed by atoms with van der Waals surface area (Å²) in [5.41, 5.74) is 7.55. The molecule has 3 N–H and O–H groups in total. The monoisotopic (exact) mass is 416 g/mol. The summed E-state index contributed by atoms with van der Waals surface area (Å²) in [5.74, 6) is -0.176. The van der Waals surface area contributed by atoms with Gasteiger partial charge in [0.1, 0.15) is 0 Å². The number of anilines is 2. The molecule has 0 saturated carbocycles. The lowest BCUT2D eigenvalue weighted by molar-refractivity contribution is 0.102. The van der Waals surface area contributed by atoms with E-state index in [2.05, 4.69) is 43.8 Å². The molecule has 0 fully saturated rings. The van der Waals surface area contributed by atoms with E-state index in [1.807, 2.05) is 24.3 Å². The number of nitrogens with two attached hydrogens (primary N) is 1. The normalized spacial score (nSPS) is 10.1. The van der Waals surface area contributed by atoms with Crippen LogP contribution in [0.3, 0.4) is 0 Å². The van der Waals surface area contributed by atoms with Gasteiger partial charge in [-0.05, 0) is 59.0 Å². The van der Waals surface area contributed by atoms with Gasteiger partial charge < -0.3 is 11.1 Å². The zero-order valence-corrected chi connectivity index (χ0v) is 13.0. The van der Waals surface area contributed by atoms with E-state index in [0.717, 1.165) is 13.7 Å². The van der Waals surface area contributed by atoms with Crippen LogP contribution in [0.4, 0.5) is 11.4 Å². The molecule has 18 heavy (non-hydrogen) atoms. The van der Waals surface area contributed by atoms with E-state index >= 15 is 0 Å². The van der Waals surface area contributed by atoms with Crippen molar-refractivity contribution in [1.82, 2.24) is 0 Å². The smallest absolute Gasteiger partial charge is 0.255 e. The van der Waals surface area contributed by atoms with Crippen LogP contribution in [0.25, 0.3) is 0 Å². The lowest BCUT2D eigenvalue weighted by Gasteiger charge is -2.07. The summed E-state index contributed by atoms with van der Waals surface area (Å²) in [6, 6.07) is 12.7. The van der Waals surface area contributed by atoms with Crippen molar-refractivity contribution >= 4 is 55.8 Å². The average Bonchev–Trinajstić information content (AvgIpc) is 2.27. The fourth-order valence-electron chi connectivity index (χ4n) is 1.51. The second kappa shape index (κ2) is 5.71. The van der Waals surface area contributed by atoms with Crippen molar-refractivity contribution in [3.05, 3.63) is 56.1 Å². The first-order valence-electron chi connectivity index (χ1n) is 5.17. The van der Waals surface area contributed by atoms with E-state index in [4.69, 9.17) is 5.73 Å². The van der Waals surface area contributed by atoms with E-state index < -0.39 is 0 Å². The number of rotatable bonds is 2. The van der Waals surface area contributed by atoms with Crippen molar-refractivity contribution in [3.63, 3.8) is 0 Å². The van der Waals surface area contributed by atoms with Gasteiger partial charge in [0.2, 0.25) is 0 Å². The first kappa shape index (κ1) is 13.4. The van der Waals surface area contributed by atoms with Gasteiger partial charge in [-0.15, -0.1) is 0 Å². The van der Waals surface area contributed by atoms with Gasteiger partial charge in [0.15, 0.2) is 0 Å². The van der Waals surface area contributed by atoms with Crippen LogP contribution in [0, 0.1) is 3.57 Å². The summed E-state index contributed by atoms with van der Waals surface area (Å²) >= 11 is 5.52. The number of nitrogen functional groups attached to an aromatic ring is 1. The molecule has 0 heterocycles. The molecule has 0 spiro atoms. The highest BCUT2D eigenvalue weighted by atomic mass is 127. The maximum atomic E-state index is 12.0. The Labute approximate surface area is 127 Å². The van der Waals surface area contributed by atoms with Gasteiger partial charge in [0.05, 0.1) is 0 Å². The van der Waals surface area contributed by atoms with Gasteiger partial charge in [-0.3, -0.25) is 4.79 Å². The molecule has 0 aromatic heterocycles. The van der Waals surface area contributed by atoms with Crippen molar-refractivity contribution in [2.45, 2.75) is 0 Å². The zero-order valence-electron chi connectivity index (χ0n) is 9.28. The molecule has 0 unspecified atom stereocenters. The zero-order chi connectivity index (χ0) is 13.1. The molecule has 2 rings (SSSR count). The third-order valence-corrected chi connectivity index (χ3v) is 3.39. The van der Waals surface area contributed by atoms with Gasteiger partial charge in [0.25, 0.3) is 5.91 Å². The number of amides is 1. The van der Waals surface area contributed by atoms with Crippen molar-refractivity contribution in [1.29, 1.82) is 0 Å². The summed E-state index contributed by atoms with van der Waals surface area (Å²) < 4.78 is 1.86. The molecule has 0 bridgehead atoms. The third-order valence-electron chi connectivity index (χ3n) is 2.26. The molecule has 0 saturated heterocycles. The van der Waals surface area contributed by atoms with Crippen LogP contribution in [0.15, 0.2) is 46.9 Å². The highest BCUT2D eigenvalue weighted by Gasteiger charge is 2.07. The number of halogens is 2. The molecule has 0 aliphatic rings. The number of hydrogen-bond donors (Lipinski definition) is 2. The maximum absolute atomic E-state index is 12.0. The Balaban J connectivity index is 2.22. The fraction of sp³-hybridized carbons (Fsp3) is 0. The highest BCUT2D eigenvalue weighted by molar-refractivity contribution is 14.1. The Bertz CT molecular complexity index is 581. The maximum Gasteiger partial charge on any atom is 0.255 e. The molecule has 0 atom stereocenters. The summed E-state index contributed by atoms with van der Waals surface area (Å²) in [4.78, 5) is 12.0. The van der Waals surface area contributed by atoms with Crippen LogP contribution in [0.2, 0.25) is 0 Å². The quantitative estimate of drug-likeness (QED) is 0.576. The molecule has 0 aliphatic heterocycles. The number of carbonyl (C=O) groups excluding carboxylic acids is 1. The second-order valence-electron chi connectivity index (χ2n) is 3.74. The lowest BCUT2D eigenvalue weighted by atomic mass is 10.2. The van der Waals surface area contributed by atoms with Crippen LogP contribution < -0.4 is 11.1 Å². The van der Waals surface area contributed by atoms with Gasteiger partial charge in [0, 0.05) is 25.0 Å². The van der Waals surface area contributed by atoms with Crippen molar-refractivity contribution in [2.75, 3.05) is 11.1 Å². The predicted molar refractivity (Wildman–Crippen MR) is 85.7 cm³/mol. The molecule has 3 nitrogen and oxygen atoms in total. The minimum Gasteiger partial charge on any atom is -0.399 e. The minimum atomic E-state index is -0.176. The standard InChI is InChI=1S/C13H10BrIN2O/c14-9-4-8(5-11(16)6-9)13(18)17-12-3-1-2-10(15)7-12/h1-7H,16H2,(H,17,18). The minimum absolute atomic E-state index is 0.176. The van der Waals surface area contributed by atoms with Gasteiger partial charge >= 0.3 is 0 Å². The molecule has 1 amide bonds. The van der Waals surface area contributed by atoms with Crippen molar-refractivity contribution in [3.8, 4) is 0 Å². The topological polar surface area (TPSA) is 55.1 Å². The molecular formula is C13H10BrIN2O. The number of carbonyl (C=O) groups is 1. The molecule has 0 radical (unpaired) electrons. The van der Waals surface area contributed by atoms with E-state index in [0.29, 0.717) is 11.3 Å². The first-order chi connectivity index (χ1) is 8.54. The number of hydrogen-bond acceptors (Lipinski definition) is 2. The molecule has 0 aliphatic carbocycles. The summed E-state index contributed by atoms with van der Waals surface area (Å²) in [5, 5.41) is 2.83. The van der Waals surface area contributed by atoms with E-state index in [1.54, 1.807) is 18.2 Å². The number of nitrogens with one attached hydrogen (secondary N) is 1. The fourth-order valence-corrected chi connectivity index (χ4v) is 2.57. The van der Waals surface area contributed by atoms with E-state index in [9.17, 15) is 4.79 Å².